The summed E-state index contributed by atoms with van der Waals surface area (Å²) in [4.78, 5) is 27.6. The maximum absolute atomic E-state index is 12.3. The van der Waals surface area contributed by atoms with E-state index < -0.39 is 0 Å². The predicted octanol–water partition coefficient (Wildman–Crippen LogP) is 1.48. The normalized spacial score (nSPS) is 23.8. The van der Waals surface area contributed by atoms with Crippen LogP contribution < -0.4 is 5.32 Å². The Morgan fingerprint density at radius 1 is 1.29 bits per heavy atom. The number of rotatable bonds is 6. The molecule has 1 aliphatic heterocycles. The number of piperidine rings is 1. The van der Waals surface area contributed by atoms with Crippen LogP contribution in [0, 0.1) is 5.92 Å². The Balaban J connectivity index is 2.61. The van der Waals surface area contributed by atoms with Gasteiger partial charge in [0.2, 0.25) is 11.8 Å². The van der Waals surface area contributed by atoms with Crippen molar-refractivity contribution in [1.29, 1.82) is 0 Å². The molecule has 2 amide bonds. The van der Waals surface area contributed by atoms with Gasteiger partial charge in [0.15, 0.2) is 0 Å². The van der Waals surface area contributed by atoms with Gasteiger partial charge in [-0.2, -0.15) is 0 Å². The molecule has 0 aromatic carbocycles. The van der Waals surface area contributed by atoms with Crippen molar-refractivity contribution in [2.24, 2.45) is 5.92 Å². The van der Waals surface area contributed by atoms with Crippen LogP contribution in [0.4, 0.5) is 0 Å². The van der Waals surface area contributed by atoms with E-state index in [0.29, 0.717) is 12.0 Å². The van der Waals surface area contributed by atoms with Crippen molar-refractivity contribution >= 4 is 11.8 Å². The number of hydrogen-bond acceptors (Lipinski definition) is 3. The van der Waals surface area contributed by atoms with Crippen molar-refractivity contribution in [2.45, 2.75) is 59.5 Å². The lowest BCUT2D eigenvalue weighted by Gasteiger charge is -2.39. The van der Waals surface area contributed by atoms with Crippen molar-refractivity contribution in [3.05, 3.63) is 0 Å². The van der Waals surface area contributed by atoms with Gasteiger partial charge in [-0.1, -0.05) is 13.3 Å². The molecule has 0 unspecified atom stereocenters. The third-order valence-corrected chi connectivity index (χ3v) is 4.61. The van der Waals surface area contributed by atoms with Crippen LogP contribution in [0.1, 0.15) is 47.5 Å². The highest BCUT2D eigenvalue weighted by atomic mass is 16.2. The van der Waals surface area contributed by atoms with Gasteiger partial charge in [0.05, 0.1) is 6.04 Å². The Bertz CT molecular complexity index is 355. The molecule has 0 bridgehead atoms. The molecule has 0 aromatic rings. The van der Waals surface area contributed by atoms with Gasteiger partial charge in [0.25, 0.3) is 0 Å². The summed E-state index contributed by atoms with van der Waals surface area (Å²) in [5.41, 5.74) is 0. The summed E-state index contributed by atoms with van der Waals surface area (Å²) in [5.74, 6) is 0.748. The zero-order valence-corrected chi connectivity index (χ0v) is 14.2. The molecule has 21 heavy (non-hydrogen) atoms. The molecule has 1 aliphatic rings. The smallest absolute Gasteiger partial charge is 0.239 e. The van der Waals surface area contributed by atoms with E-state index in [0.717, 1.165) is 39.0 Å². The topological polar surface area (TPSA) is 52.7 Å². The molecule has 0 aromatic heterocycles. The van der Waals surface area contributed by atoms with Gasteiger partial charge in [0, 0.05) is 39.1 Å². The molecule has 0 aliphatic carbocycles. The Hall–Kier alpha value is -1.10. The van der Waals surface area contributed by atoms with E-state index in [2.05, 4.69) is 12.2 Å². The van der Waals surface area contributed by atoms with Gasteiger partial charge in [-0.15, -0.1) is 0 Å². The van der Waals surface area contributed by atoms with Crippen LogP contribution >= 0.6 is 0 Å². The quantitative estimate of drug-likeness (QED) is 0.808. The molecule has 3 atom stereocenters. The summed E-state index contributed by atoms with van der Waals surface area (Å²) < 4.78 is 0. The Morgan fingerprint density at radius 2 is 1.90 bits per heavy atom. The minimum absolute atomic E-state index is 0.152. The van der Waals surface area contributed by atoms with E-state index in [9.17, 15) is 9.59 Å². The van der Waals surface area contributed by atoms with Crippen molar-refractivity contribution in [3.8, 4) is 0 Å². The van der Waals surface area contributed by atoms with Crippen LogP contribution in [0.3, 0.4) is 0 Å². The molecule has 1 saturated heterocycles. The van der Waals surface area contributed by atoms with Gasteiger partial charge in [0.1, 0.15) is 0 Å². The third-order valence-electron chi connectivity index (χ3n) is 4.61. The number of amides is 2. The van der Waals surface area contributed by atoms with Crippen molar-refractivity contribution in [1.82, 2.24) is 15.1 Å². The van der Waals surface area contributed by atoms with E-state index >= 15 is 0 Å². The molecule has 5 nitrogen and oxygen atoms in total. The van der Waals surface area contributed by atoms with Crippen molar-refractivity contribution < 1.29 is 9.59 Å². The molecule has 122 valence electrons. The van der Waals surface area contributed by atoms with Crippen LogP contribution in [0.25, 0.3) is 0 Å². The largest absolute Gasteiger partial charge is 0.343 e. The van der Waals surface area contributed by atoms with E-state index in [1.807, 2.05) is 30.6 Å². The second kappa shape index (κ2) is 8.37. The second-order valence-electron chi connectivity index (χ2n) is 5.93. The van der Waals surface area contributed by atoms with Crippen LogP contribution in [-0.2, 0) is 9.59 Å². The number of carbonyl (C=O) groups excluding carboxylic acids is 2. The summed E-state index contributed by atoms with van der Waals surface area (Å²) in [6.07, 6.45) is 1.95. The van der Waals surface area contributed by atoms with Crippen LogP contribution in [0.15, 0.2) is 0 Å². The number of hydrogen-bond donors (Lipinski definition) is 1. The Kier molecular flexibility index (Phi) is 7.15. The molecule has 1 heterocycles. The van der Waals surface area contributed by atoms with Gasteiger partial charge >= 0.3 is 0 Å². The first-order valence-electron chi connectivity index (χ1n) is 8.24. The van der Waals surface area contributed by atoms with Crippen LogP contribution in [0.5, 0.6) is 0 Å². The number of nitrogens with zero attached hydrogens (tertiary/aromatic N) is 2. The molecule has 0 radical (unpaired) electrons. The van der Waals surface area contributed by atoms with E-state index in [1.54, 1.807) is 6.92 Å². The van der Waals surface area contributed by atoms with Crippen molar-refractivity contribution in [3.63, 3.8) is 0 Å². The minimum atomic E-state index is -0.159. The highest BCUT2D eigenvalue weighted by molar-refractivity contribution is 5.81. The minimum Gasteiger partial charge on any atom is -0.343 e. The standard InChI is InChI=1S/C16H31N3O2/c1-6-14-11-19(13(5)20)10-9-15(14)17-12(4)16(21)18(7-2)8-3/h12,14-15,17H,6-11H2,1-5H3/t12-,14+,15+/m0/s1. The lowest BCUT2D eigenvalue weighted by atomic mass is 9.89. The maximum atomic E-state index is 12.3. The number of likely N-dealkylation sites (tertiary alicyclic amines) is 1. The van der Waals surface area contributed by atoms with Crippen molar-refractivity contribution in [2.75, 3.05) is 26.2 Å². The average Bonchev–Trinajstić information content (AvgIpc) is 2.48. The monoisotopic (exact) mass is 297 g/mol. The van der Waals surface area contributed by atoms with Gasteiger partial charge in [-0.25, -0.2) is 0 Å². The average molecular weight is 297 g/mol. The fourth-order valence-electron chi connectivity index (χ4n) is 3.15. The van der Waals surface area contributed by atoms with E-state index in [-0.39, 0.29) is 17.9 Å². The summed E-state index contributed by atoms with van der Waals surface area (Å²) >= 11 is 0. The molecule has 1 rings (SSSR count). The molecule has 0 spiro atoms. The third kappa shape index (κ3) is 4.70. The van der Waals surface area contributed by atoms with Gasteiger partial charge < -0.3 is 15.1 Å². The molecule has 1 N–H and O–H groups in total. The second-order valence-corrected chi connectivity index (χ2v) is 5.93. The molecular weight excluding hydrogens is 266 g/mol. The zero-order valence-electron chi connectivity index (χ0n) is 14.2. The molecule has 5 heteroatoms. The lowest BCUT2D eigenvalue weighted by molar-refractivity contribution is -0.134. The molecule has 1 fully saturated rings. The SMILES string of the molecule is CC[C@@H]1CN(C(C)=O)CC[C@H]1N[C@@H](C)C(=O)N(CC)CC. The van der Waals surface area contributed by atoms with E-state index in [4.69, 9.17) is 0 Å². The Labute approximate surface area is 129 Å². The highest BCUT2D eigenvalue weighted by Gasteiger charge is 2.31. The molecular formula is C16H31N3O2. The lowest BCUT2D eigenvalue weighted by Crippen LogP contribution is -2.55. The highest BCUT2D eigenvalue weighted by Crippen LogP contribution is 2.21. The predicted molar refractivity (Wildman–Crippen MR) is 85.0 cm³/mol. The van der Waals surface area contributed by atoms with Gasteiger partial charge in [-0.05, 0) is 33.1 Å². The van der Waals surface area contributed by atoms with Gasteiger partial charge in [-0.3, -0.25) is 9.59 Å². The summed E-state index contributed by atoms with van der Waals surface area (Å²) in [7, 11) is 0. The van der Waals surface area contributed by atoms with E-state index in [1.165, 1.54) is 0 Å². The summed E-state index contributed by atoms with van der Waals surface area (Å²) in [5, 5.41) is 3.50. The number of likely N-dealkylation sites (N-methyl/N-ethyl adjacent to an activating group) is 1. The fraction of sp³-hybridized carbons (Fsp3) is 0.875. The maximum Gasteiger partial charge on any atom is 0.239 e. The number of nitrogens with one attached hydrogen (secondary N) is 1. The first kappa shape index (κ1) is 18.0. The zero-order chi connectivity index (χ0) is 16.0. The first-order chi connectivity index (χ1) is 9.94. The Morgan fingerprint density at radius 3 is 2.38 bits per heavy atom. The molecule has 0 saturated carbocycles. The number of carbonyl (C=O) groups is 2. The van der Waals surface area contributed by atoms with Crippen LogP contribution in [-0.4, -0.2) is 59.9 Å². The summed E-state index contributed by atoms with van der Waals surface area (Å²) in [6.45, 7) is 12.8. The first-order valence-corrected chi connectivity index (χ1v) is 8.24. The van der Waals surface area contributed by atoms with Crippen LogP contribution in [0.2, 0.25) is 0 Å². The summed E-state index contributed by atoms with van der Waals surface area (Å²) in [6, 6.07) is 0.160. The fourth-order valence-corrected chi connectivity index (χ4v) is 3.15.